The molecule has 0 atom stereocenters. The second-order valence-electron chi connectivity index (χ2n) is 7.77. The van der Waals surface area contributed by atoms with Crippen molar-refractivity contribution in [3.05, 3.63) is 53.1 Å². The van der Waals surface area contributed by atoms with Crippen molar-refractivity contribution in [3.63, 3.8) is 0 Å². The molecule has 166 valence electrons. The molecular formula is C22H25ClN2O5S. The largest absolute Gasteiger partial charge is 0.486 e. The summed E-state index contributed by atoms with van der Waals surface area (Å²) in [6.45, 7) is 1.87. The van der Waals surface area contributed by atoms with Gasteiger partial charge in [-0.2, -0.15) is 4.31 Å². The molecule has 2 aromatic carbocycles. The predicted molar refractivity (Wildman–Crippen MR) is 117 cm³/mol. The van der Waals surface area contributed by atoms with Gasteiger partial charge in [-0.25, -0.2) is 8.42 Å². The summed E-state index contributed by atoms with van der Waals surface area (Å²) < 4.78 is 38.6. The molecule has 2 heterocycles. The van der Waals surface area contributed by atoms with E-state index in [-0.39, 0.29) is 16.7 Å². The minimum absolute atomic E-state index is 0.0105. The van der Waals surface area contributed by atoms with Crippen LogP contribution in [0.3, 0.4) is 0 Å². The van der Waals surface area contributed by atoms with Gasteiger partial charge in [-0.1, -0.05) is 29.8 Å². The molecule has 0 bridgehead atoms. The van der Waals surface area contributed by atoms with Crippen LogP contribution in [0.4, 0.5) is 0 Å². The summed E-state index contributed by atoms with van der Waals surface area (Å²) in [4.78, 5) is 14.7. The highest BCUT2D eigenvalue weighted by atomic mass is 35.5. The molecule has 31 heavy (non-hydrogen) atoms. The minimum Gasteiger partial charge on any atom is -0.486 e. The van der Waals surface area contributed by atoms with Crippen LogP contribution in [0, 0.1) is 5.92 Å². The average Bonchev–Trinajstić information content (AvgIpc) is 2.79. The summed E-state index contributed by atoms with van der Waals surface area (Å²) in [5, 5.41) is 0.627. The lowest BCUT2D eigenvalue weighted by Crippen LogP contribution is -2.43. The van der Waals surface area contributed by atoms with Gasteiger partial charge in [0.2, 0.25) is 15.9 Å². The van der Waals surface area contributed by atoms with Crippen LogP contribution in [-0.4, -0.2) is 56.9 Å². The monoisotopic (exact) mass is 464 g/mol. The molecule has 1 amide bonds. The van der Waals surface area contributed by atoms with Gasteiger partial charge in [0, 0.05) is 43.7 Å². The number of halogens is 1. The third-order valence-corrected chi connectivity index (χ3v) is 7.96. The maximum atomic E-state index is 13.1. The lowest BCUT2D eigenvalue weighted by atomic mass is 9.96. The summed E-state index contributed by atoms with van der Waals surface area (Å²) in [7, 11) is -1.91. The fraction of sp³-hybridized carbons (Fsp3) is 0.409. The summed E-state index contributed by atoms with van der Waals surface area (Å²) in [6, 6.07) is 12.1. The number of hydrogen-bond acceptors (Lipinski definition) is 5. The molecular weight excluding hydrogens is 440 g/mol. The fourth-order valence-corrected chi connectivity index (χ4v) is 5.63. The molecule has 1 fully saturated rings. The quantitative estimate of drug-likeness (QED) is 0.679. The van der Waals surface area contributed by atoms with Crippen molar-refractivity contribution in [1.82, 2.24) is 9.21 Å². The third-order valence-electron chi connectivity index (χ3n) is 5.70. The van der Waals surface area contributed by atoms with E-state index in [1.807, 2.05) is 18.2 Å². The number of piperidine rings is 1. The molecule has 0 radical (unpaired) electrons. The smallest absolute Gasteiger partial charge is 0.243 e. The number of carbonyl (C=O) groups is 1. The van der Waals surface area contributed by atoms with Crippen LogP contribution >= 0.6 is 11.6 Å². The van der Waals surface area contributed by atoms with Crippen LogP contribution in [0.1, 0.15) is 18.4 Å². The Morgan fingerprint density at radius 1 is 1.10 bits per heavy atom. The predicted octanol–water partition coefficient (Wildman–Crippen LogP) is 3.17. The molecule has 1 saturated heterocycles. The topological polar surface area (TPSA) is 76.2 Å². The van der Waals surface area contributed by atoms with Gasteiger partial charge in [0.25, 0.3) is 0 Å². The number of rotatable bonds is 5. The van der Waals surface area contributed by atoms with Gasteiger partial charge in [-0.15, -0.1) is 0 Å². The Morgan fingerprint density at radius 2 is 1.77 bits per heavy atom. The molecule has 2 aliphatic rings. The number of nitrogens with zero attached hydrogens (tertiary/aromatic N) is 2. The van der Waals surface area contributed by atoms with Crippen LogP contribution in [0.25, 0.3) is 0 Å². The van der Waals surface area contributed by atoms with Crippen molar-refractivity contribution in [2.45, 2.75) is 24.3 Å². The van der Waals surface area contributed by atoms with Gasteiger partial charge < -0.3 is 14.4 Å². The molecule has 4 rings (SSSR count). The van der Waals surface area contributed by atoms with E-state index in [9.17, 15) is 13.2 Å². The highest BCUT2D eigenvalue weighted by Gasteiger charge is 2.34. The van der Waals surface area contributed by atoms with E-state index >= 15 is 0 Å². The third kappa shape index (κ3) is 4.66. The first-order valence-corrected chi connectivity index (χ1v) is 12.1. The molecule has 7 nitrogen and oxygen atoms in total. The number of ether oxygens (including phenoxy) is 2. The van der Waals surface area contributed by atoms with Gasteiger partial charge >= 0.3 is 0 Å². The van der Waals surface area contributed by atoms with Gasteiger partial charge in [0.15, 0.2) is 11.5 Å². The summed E-state index contributed by atoms with van der Waals surface area (Å²) in [5.41, 5.74) is 0.888. The Bertz CT molecular complexity index is 1070. The van der Waals surface area contributed by atoms with E-state index in [4.69, 9.17) is 21.1 Å². The van der Waals surface area contributed by atoms with Crippen molar-refractivity contribution in [3.8, 4) is 11.5 Å². The van der Waals surface area contributed by atoms with Gasteiger partial charge in [-0.05, 0) is 36.6 Å². The van der Waals surface area contributed by atoms with Crippen LogP contribution in [0.15, 0.2) is 47.4 Å². The Labute approximate surface area is 187 Å². The zero-order valence-electron chi connectivity index (χ0n) is 17.3. The zero-order chi connectivity index (χ0) is 22.0. The van der Waals surface area contributed by atoms with E-state index < -0.39 is 10.0 Å². The average molecular weight is 465 g/mol. The van der Waals surface area contributed by atoms with E-state index in [2.05, 4.69) is 0 Å². The Morgan fingerprint density at radius 3 is 2.48 bits per heavy atom. The van der Waals surface area contributed by atoms with E-state index in [0.29, 0.717) is 62.2 Å². The molecule has 2 aliphatic heterocycles. The second-order valence-corrected chi connectivity index (χ2v) is 10.1. The van der Waals surface area contributed by atoms with Gasteiger partial charge in [0.1, 0.15) is 13.2 Å². The lowest BCUT2D eigenvalue weighted by Gasteiger charge is -2.32. The highest BCUT2D eigenvalue weighted by molar-refractivity contribution is 7.89. The number of carbonyl (C=O) groups excluding carboxylic acids is 1. The Kier molecular flexibility index (Phi) is 6.41. The van der Waals surface area contributed by atoms with Crippen molar-refractivity contribution in [2.75, 3.05) is 33.4 Å². The van der Waals surface area contributed by atoms with E-state index in [0.717, 1.165) is 5.56 Å². The molecule has 0 aromatic heterocycles. The number of hydrogen-bond donors (Lipinski definition) is 0. The Hall–Kier alpha value is -2.29. The molecule has 2 aromatic rings. The number of sulfonamides is 1. The lowest BCUT2D eigenvalue weighted by molar-refractivity contribution is -0.135. The van der Waals surface area contributed by atoms with Crippen molar-refractivity contribution < 1.29 is 22.7 Å². The molecule has 0 spiro atoms. The van der Waals surface area contributed by atoms with Crippen molar-refractivity contribution >= 4 is 27.5 Å². The highest BCUT2D eigenvalue weighted by Crippen LogP contribution is 2.34. The van der Waals surface area contributed by atoms with Crippen LogP contribution < -0.4 is 9.47 Å². The van der Waals surface area contributed by atoms with Crippen LogP contribution in [-0.2, 0) is 21.4 Å². The maximum Gasteiger partial charge on any atom is 0.243 e. The zero-order valence-corrected chi connectivity index (χ0v) is 18.9. The molecule has 0 saturated carbocycles. The summed E-state index contributed by atoms with van der Waals surface area (Å²) in [5.74, 6) is 0.796. The van der Waals surface area contributed by atoms with Crippen LogP contribution in [0.2, 0.25) is 5.02 Å². The second kappa shape index (κ2) is 9.06. The normalized spacial score (nSPS) is 17.4. The first kappa shape index (κ1) is 21.9. The molecule has 9 heteroatoms. The standard InChI is InChI=1S/C22H25ClN2O5S/c1-24(15-17-4-2-3-5-19(17)23)22(26)16-8-10-25(11-9-16)31(27,28)18-6-7-20-21(14-18)30-13-12-29-20/h2-7,14,16H,8-13,15H2,1H3. The van der Waals surface area contributed by atoms with E-state index in [1.54, 1.807) is 24.1 Å². The fourth-order valence-electron chi connectivity index (χ4n) is 3.95. The molecule has 0 unspecified atom stereocenters. The first-order chi connectivity index (χ1) is 14.9. The summed E-state index contributed by atoms with van der Waals surface area (Å²) >= 11 is 6.20. The van der Waals surface area contributed by atoms with Crippen molar-refractivity contribution in [1.29, 1.82) is 0 Å². The first-order valence-electron chi connectivity index (χ1n) is 10.2. The maximum absolute atomic E-state index is 13.1. The number of amides is 1. The van der Waals surface area contributed by atoms with Gasteiger partial charge in [-0.3, -0.25) is 4.79 Å². The van der Waals surface area contributed by atoms with Crippen molar-refractivity contribution in [2.24, 2.45) is 5.92 Å². The number of fused-ring (bicyclic) bond motifs is 1. The van der Waals surface area contributed by atoms with Gasteiger partial charge in [0.05, 0.1) is 4.90 Å². The molecule has 0 N–H and O–H groups in total. The Balaban J connectivity index is 1.38. The SMILES string of the molecule is CN(Cc1ccccc1Cl)C(=O)C1CCN(S(=O)(=O)c2ccc3c(c2)OCCO3)CC1. The molecule has 0 aliphatic carbocycles. The summed E-state index contributed by atoms with van der Waals surface area (Å²) in [6.07, 6.45) is 0.963. The number of benzene rings is 2. The van der Waals surface area contributed by atoms with Crippen LogP contribution in [0.5, 0.6) is 11.5 Å². The minimum atomic E-state index is -3.66. The van der Waals surface area contributed by atoms with E-state index in [1.165, 1.54) is 16.4 Å².